The molecule has 0 bridgehead atoms. The van der Waals surface area contributed by atoms with Gasteiger partial charge in [-0.25, -0.2) is 14.6 Å². The lowest BCUT2D eigenvalue weighted by atomic mass is 10.2. The Morgan fingerprint density at radius 1 is 1.26 bits per heavy atom. The topological polar surface area (TPSA) is 167 Å². The van der Waals surface area contributed by atoms with Gasteiger partial charge in [0.05, 0.1) is 6.33 Å². The fraction of sp³-hybridized carbons (Fsp3) is 0.200. The number of carboxylic acid groups (broad SMARTS) is 3. The van der Waals surface area contributed by atoms with Crippen molar-refractivity contribution in [2.24, 2.45) is 5.73 Å². The molecule has 6 N–H and O–H groups in total. The van der Waals surface area contributed by atoms with Crippen LogP contribution in [0.2, 0.25) is 0 Å². The molecular formula is C10H13N3O6. The minimum absolute atomic E-state index is 0.287. The van der Waals surface area contributed by atoms with E-state index in [4.69, 9.17) is 21.1 Å². The maximum Gasteiger partial charge on any atom is 0.328 e. The van der Waals surface area contributed by atoms with Gasteiger partial charge in [0, 0.05) is 30.5 Å². The highest BCUT2D eigenvalue weighted by molar-refractivity contribution is 5.89. The van der Waals surface area contributed by atoms with Crippen LogP contribution in [0, 0.1) is 0 Å². The maximum atomic E-state index is 10.3. The summed E-state index contributed by atoms with van der Waals surface area (Å²) in [7, 11) is 0. The Labute approximate surface area is 107 Å². The van der Waals surface area contributed by atoms with E-state index in [9.17, 15) is 14.4 Å². The fourth-order valence-corrected chi connectivity index (χ4v) is 0.863. The summed E-state index contributed by atoms with van der Waals surface area (Å²) >= 11 is 0. The van der Waals surface area contributed by atoms with Gasteiger partial charge in [0.25, 0.3) is 0 Å². The molecule has 9 nitrogen and oxygen atoms in total. The first-order valence-corrected chi connectivity index (χ1v) is 4.92. The molecule has 0 aliphatic rings. The largest absolute Gasteiger partial charge is 0.480 e. The lowest BCUT2D eigenvalue weighted by Crippen LogP contribution is -2.32. The number of imidazole rings is 1. The van der Waals surface area contributed by atoms with E-state index < -0.39 is 23.9 Å². The summed E-state index contributed by atoms with van der Waals surface area (Å²) in [6, 6.07) is -0.851. The Morgan fingerprint density at radius 2 is 1.79 bits per heavy atom. The van der Waals surface area contributed by atoms with E-state index in [0.717, 1.165) is 5.69 Å². The van der Waals surface area contributed by atoms with Gasteiger partial charge in [0.2, 0.25) is 0 Å². The van der Waals surface area contributed by atoms with E-state index in [2.05, 4.69) is 9.97 Å². The molecule has 0 amide bonds. The summed E-state index contributed by atoms with van der Waals surface area (Å²) < 4.78 is 0. The van der Waals surface area contributed by atoms with E-state index in [1.807, 2.05) is 0 Å². The summed E-state index contributed by atoms with van der Waals surface area (Å²) in [6.07, 6.45) is 4.45. The number of carbonyl (C=O) groups is 3. The average Bonchev–Trinajstić information content (AvgIpc) is 2.80. The molecule has 0 saturated heterocycles. The van der Waals surface area contributed by atoms with Crippen molar-refractivity contribution >= 4 is 17.9 Å². The SMILES string of the molecule is NC(Cc1cnc[nH]1)C(=O)O.O=C(O)/C=C\C(=O)O. The highest BCUT2D eigenvalue weighted by Crippen LogP contribution is 1.95. The van der Waals surface area contributed by atoms with Crippen molar-refractivity contribution in [3.8, 4) is 0 Å². The number of aliphatic carboxylic acids is 3. The standard InChI is InChI=1S/C6H9N3O2.C4H4O4/c7-5(6(10)11)1-4-2-8-3-9-4;5-3(6)1-2-4(7)8/h2-3,5H,1,7H2,(H,8,9)(H,10,11);1-2H,(H,5,6)(H,7,8)/b;2-1-. The molecule has 19 heavy (non-hydrogen) atoms. The predicted molar refractivity (Wildman–Crippen MR) is 62.3 cm³/mol. The molecular weight excluding hydrogens is 258 g/mol. The van der Waals surface area contributed by atoms with Crippen molar-refractivity contribution in [1.29, 1.82) is 0 Å². The van der Waals surface area contributed by atoms with Crippen LogP contribution in [0.1, 0.15) is 5.69 Å². The van der Waals surface area contributed by atoms with Crippen molar-refractivity contribution in [1.82, 2.24) is 9.97 Å². The lowest BCUT2D eigenvalue weighted by Gasteiger charge is -2.02. The van der Waals surface area contributed by atoms with Gasteiger partial charge in [-0.1, -0.05) is 0 Å². The molecule has 1 atom stereocenters. The number of hydrogen-bond donors (Lipinski definition) is 5. The number of rotatable bonds is 5. The van der Waals surface area contributed by atoms with Gasteiger partial charge in [-0.2, -0.15) is 0 Å². The number of hydrogen-bond acceptors (Lipinski definition) is 5. The van der Waals surface area contributed by atoms with Crippen LogP contribution in [-0.4, -0.2) is 49.2 Å². The Morgan fingerprint density at radius 3 is 2.11 bits per heavy atom. The highest BCUT2D eigenvalue weighted by Gasteiger charge is 2.11. The Hall–Kier alpha value is -2.68. The van der Waals surface area contributed by atoms with Crippen molar-refractivity contribution < 1.29 is 29.7 Å². The molecule has 0 fully saturated rings. The van der Waals surface area contributed by atoms with Crippen molar-refractivity contribution in [2.45, 2.75) is 12.5 Å². The summed E-state index contributed by atoms with van der Waals surface area (Å²) in [5, 5.41) is 24.0. The summed E-state index contributed by atoms with van der Waals surface area (Å²) in [4.78, 5) is 35.9. The first-order chi connectivity index (χ1) is 8.82. The monoisotopic (exact) mass is 271 g/mol. The summed E-state index contributed by atoms with van der Waals surface area (Å²) in [5.41, 5.74) is 6.00. The van der Waals surface area contributed by atoms with Gasteiger partial charge >= 0.3 is 17.9 Å². The van der Waals surface area contributed by atoms with Crippen molar-refractivity contribution in [3.63, 3.8) is 0 Å². The van der Waals surface area contributed by atoms with E-state index in [1.54, 1.807) is 6.20 Å². The van der Waals surface area contributed by atoms with Crippen LogP contribution in [0.5, 0.6) is 0 Å². The van der Waals surface area contributed by atoms with Crippen LogP contribution in [-0.2, 0) is 20.8 Å². The van der Waals surface area contributed by atoms with E-state index in [1.165, 1.54) is 6.33 Å². The van der Waals surface area contributed by atoms with Crippen molar-refractivity contribution in [2.75, 3.05) is 0 Å². The molecule has 1 aromatic rings. The Balaban J connectivity index is 0.000000362. The maximum absolute atomic E-state index is 10.3. The van der Waals surface area contributed by atoms with Gasteiger partial charge in [-0.15, -0.1) is 0 Å². The Kier molecular flexibility index (Phi) is 7.23. The molecule has 0 aromatic carbocycles. The van der Waals surface area contributed by atoms with Crippen LogP contribution < -0.4 is 5.73 Å². The molecule has 0 radical (unpaired) electrons. The van der Waals surface area contributed by atoms with E-state index in [-0.39, 0.29) is 6.42 Å². The van der Waals surface area contributed by atoms with Crippen LogP contribution >= 0.6 is 0 Å². The number of nitrogens with zero attached hydrogens (tertiary/aromatic N) is 1. The number of aromatic amines is 1. The van der Waals surface area contributed by atoms with Gasteiger partial charge < -0.3 is 26.0 Å². The number of nitrogens with one attached hydrogen (secondary N) is 1. The third-order valence-electron chi connectivity index (χ3n) is 1.68. The predicted octanol–water partition coefficient (Wildman–Crippen LogP) is -0.924. The van der Waals surface area contributed by atoms with Crippen LogP contribution in [0.15, 0.2) is 24.7 Å². The molecule has 104 valence electrons. The minimum atomic E-state index is -1.26. The minimum Gasteiger partial charge on any atom is -0.480 e. The quantitative estimate of drug-likeness (QED) is 0.428. The molecule has 0 aliphatic heterocycles. The second-order valence-electron chi connectivity index (χ2n) is 3.24. The molecule has 0 aliphatic carbocycles. The van der Waals surface area contributed by atoms with Gasteiger partial charge in [0.15, 0.2) is 0 Å². The fourth-order valence-electron chi connectivity index (χ4n) is 0.863. The molecule has 9 heteroatoms. The molecule has 1 aromatic heterocycles. The molecule has 1 heterocycles. The third kappa shape index (κ3) is 9.06. The van der Waals surface area contributed by atoms with Crippen LogP contribution in [0.4, 0.5) is 0 Å². The normalized spacial score (nSPS) is 11.4. The lowest BCUT2D eigenvalue weighted by molar-refractivity contribution is -0.138. The highest BCUT2D eigenvalue weighted by atomic mass is 16.4. The smallest absolute Gasteiger partial charge is 0.328 e. The Bertz CT molecular complexity index is 438. The number of carboxylic acids is 3. The summed E-state index contributed by atoms with van der Waals surface area (Å²) in [5.74, 6) is -3.51. The van der Waals surface area contributed by atoms with Crippen LogP contribution in [0.3, 0.4) is 0 Å². The third-order valence-corrected chi connectivity index (χ3v) is 1.68. The van der Waals surface area contributed by atoms with E-state index in [0.29, 0.717) is 12.2 Å². The first kappa shape index (κ1) is 16.3. The van der Waals surface area contributed by atoms with E-state index >= 15 is 0 Å². The molecule has 0 saturated carbocycles. The van der Waals surface area contributed by atoms with Crippen LogP contribution in [0.25, 0.3) is 0 Å². The van der Waals surface area contributed by atoms with Gasteiger partial charge in [-0.3, -0.25) is 4.79 Å². The number of nitrogens with two attached hydrogens (primary N) is 1. The summed E-state index contributed by atoms with van der Waals surface area (Å²) in [6.45, 7) is 0. The number of H-pyrrole nitrogens is 1. The number of aromatic nitrogens is 2. The molecule has 1 unspecified atom stereocenters. The zero-order valence-electron chi connectivity index (χ0n) is 9.68. The second kappa shape index (κ2) is 8.42. The first-order valence-electron chi connectivity index (χ1n) is 4.92. The van der Waals surface area contributed by atoms with Gasteiger partial charge in [0.1, 0.15) is 6.04 Å². The molecule has 0 spiro atoms. The second-order valence-corrected chi connectivity index (χ2v) is 3.24. The van der Waals surface area contributed by atoms with Gasteiger partial charge in [-0.05, 0) is 0 Å². The average molecular weight is 271 g/mol. The zero-order valence-corrected chi connectivity index (χ0v) is 9.68. The van der Waals surface area contributed by atoms with Crippen molar-refractivity contribution in [3.05, 3.63) is 30.4 Å². The zero-order chi connectivity index (χ0) is 14.8. The molecule has 1 rings (SSSR count).